The zero-order chi connectivity index (χ0) is 18.4. The first kappa shape index (κ1) is 22.4. The Morgan fingerprint density at radius 1 is 1.31 bits per heavy atom. The minimum atomic E-state index is -0.606. The van der Waals surface area contributed by atoms with Gasteiger partial charge in [-0.2, -0.15) is 0 Å². The van der Waals surface area contributed by atoms with Crippen LogP contribution in [0, 0.1) is 6.92 Å². The van der Waals surface area contributed by atoms with Gasteiger partial charge >= 0.3 is 6.03 Å². The average Bonchev–Trinajstić information content (AvgIpc) is 3.11. The number of thiazole rings is 1. The highest BCUT2D eigenvalue weighted by Crippen LogP contribution is 2.25. The number of urea groups is 1. The second-order valence-corrected chi connectivity index (χ2v) is 7.86. The number of hydrogen-bond acceptors (Lipinski definition) is 6. The van der Waals surface area contributed by atoms with Crippen molar-refractivity contribution in [2.75, 3.05) is 11.9 Å². The maximum absolute atomic E-state index is 11.0. The molecular weight excluding hydrogens is 394 g/mol. The predicted molar refractivity (Wildman–Crippen MR) is 109 cm³/mol. The van der Waals surface area contributed by atoms with Crippen LogP contribution in [0.25, 0.3) is 0 Å². The Kier molecular flexibility index (Phi) is 9.00. The van der Waals surface area contributed by atoms with E-state index < -0.39 is 6.03 Å². The van der Waals surface area contributed by atoms with E-state index in [0.717, 1.165) is 36.4 Å². The van der Waals surface area contributed by atoms with Gasteiger partial charge in [0.05, 0.1) is 5.69 Å². The summed E-state index contributed by atoms with van der Waals surface area (Å²) in [6, 6.07) is 1.60. The molecule has 0 aliphatic carbocycles. The summed E-state index contributed by atoms with van der Waals surface area (Å²) in [5.74, 6) is 5.39. The average molecular weight is 418 g/mol. The third-order valence-electron chi connectivity index (χ3n) is 3.62. The lowest BCUT2D eigenvalue weighted by molar-refractivity contribution is -0.114. The lowest BCUT2D eigenvalue weighted by atomic mass is 10.1. The highest BCUT2D eigenvalue weighted by atomic mass is 35.5. The van der Waals surface area contributed by atoms with Crippen LogP contribution in [0.3, 0.4) is 0 Å². The van der Waals surface area contributed by atoms with Gasteiger partial charge in [0.2, 0.25) is 5.91 Å². The van der Waals surface area contributed by atoms with Crippen molar-refractivity contribution >= 4 is 52.2 Å². The van der Waals surface area contributed by atoms with Gasteiger partial charge in [0.25, 0.3) is 0 Å². The summed E-state index contributed by atoms with van der Waals surface area (Å²) in [6.45, 7) is 4.03. The number of halogens is 1. The maximum atomic E-state index is 11.0. The molecule has 2 rings (SSSR count). The van der Waals surface area contributed by atoms with E-state index in [-0.39, 0.29) is 18.3 Å². The minimum Gasteiger partial charge on any atom is -0.350 e. The second-order valence-electron chi connectivity index (χ2n) is 5.78. The van der Waals surface area contributed by atoms with E-state index in [9.17, 15) is 9.59 Å². The number of aryl methyl sites for hydroxylation is 4. The van der Waals surface area contributed by atoms with Crippen molar-refractivity contribution in [3.63, 3.8) is 0 Å². The first-order valence-electron chi connectivity index (χ1n) is 7.97. The van der Waals surface area contributed by atoms with Crippen molar-refractivity contribution in [3.05, 3.63) is 32.5 Å². The maximum Gasteiger partial charge on any atom is 0.328 e. The molecule has 144 valence electrons. The molecule has 0 radical (unpaired) electrons. The summed E-state index contributed by atoms with van der Waals surface area (Å²) in [5, 5.41) is 6.36. The topological polar surface area (TPSA) is 114 Å². The third-order valence-corrected chi connectivity index (χ3v) is 5.78. The second kappa shape index (κ2) is 10.5. The number of nitrogens with two attached hydrogens (primary N) is 2. The molecule has 2 aromatic rings. The molecule has 26 heavy (non-hydrogen) atoms. The number of amides is 3. The van der Waals surface area contributed by atoms with E-state index in [0.29, 0.717) is 11.7 Å². The first-order chi connectivity index (χ1) is 11.8. The van der Waals surface area contributed by atoms with Crippen LogP contribution in [0.15, 0.2) is 11.4 Å². The Labute approximate surface area is 167 Å². The van der Waals surface area contributed by atoms with Gasteiger partial charge < -0.3 is 11.1 Å². The summed E-state index contributed by atoms with van der Waals surface area (Å²) >= 11 is 3.23. The van der Waals surface area contributed by atoms with E-state index in [1.54, 1.807) is 11.3 Å². The van der Waals surface area contributed by atoms with Crippen LogP contribution in [0.2, 0.25) is 0 Å². The summed E-state index contributed by atoms with van der Waals surface area (Å²) < 4.78 is 0. The molecule has 0 aliphatic rings. The zero-order valence-electron chi connectivity index (χ0n) is 14.8. The third kappa shape index (κ3) is 6.91. The molecule has 2 aromatic heterocycles. The van der Waals surface area contributed by atoms with Gasteiger partial charge in [0.1, 0.15) is 0 Å². The first-order valence-corrected chi connectivity index (χ1v) is 9.66. The number of thiophene rings is 1. The Bertz CT molecular complexity index is 747. The Hall–Kier alpha value is -1.68. The predicted octanol–water partition coefficient (Wildman–Crippen LogP) is 2.87. The SMILES string of the molecule is CC(=O)Nc1nc(CCc2cc(C)c(CCCN(N)C(N)=O)s2)cs1.Cl. The van der Waals surface area contributed by atoms with E-state index in [4.69, 9.17) is 11.6 Å². The number of nitrogens with zero attached hydrogens (tertiary/aromatic N) is 2. The highest BCUT2D eigenvalue weighted by Gasteiger charge is 2.09. The quantitative estimate of drug-likeness (QED) is 0.348. The van der Waals surface area contributed by atoms with Gasteiger partial charge in [-0.1, -0.05) is 0 Å². The van der Waals surface area contributed by atoms with Crippen molar-refractivity contribution < 1.29 is 9.59 Å². The van der Waals surface area contributed by atoms with Gasteiger partial charge in [0, 0.05) is 28.6 Å². The number of carbonyl (C=O) groups excluding carboxylic acids is 2. The Morgan fingerprint density at radius 3 is 2.69 bits per heavy atom. The summed E-state index contributed by atoms with van der Waals surface area (Å²) in [7, 11) is 0. The van der Waals surface area contributed by atoms with Crippen molar-refractivity contribution in [3.8, 4) is 0 Å². The van der Waals surface area contributed by atoms with E-state index >= 15 is 0 Å². The van der Waals surface area contributed by atoms with E-state index in [1.165, 1.54) is 33.6 Å². The smallest absolute Gasteiger partial charge is 0.328 e. The fraction of sp³-hybridized carbons (Fsp3) is 0.438. The number of carbonyl (C=O) groups is 2. The molecule has 5 N–H and O–H groups in total. The van der Waals surface area contributed by atoms with Crippen molar-refractivity contribution in [2.45, 2.75) is 39.5 Å². The Balaban J connectivity index is 0.00000338. The van der Waals surface area contributed by atoms with Gasteiger partial charge in [0.15, 0.2) is 5.13 Å². The molecule has 0 unspecified atom stereocenters. The summed E-state index contributed by atoms with van der Waals surface area (Å²) in [6.07, 6.45) is 3.42. The fourth-order valence-corrected chi connectivity index (χ4v) is 4.38. The molecule has 0 spiro atoms. The van der Waals surface area contributed by atoms with Gasteiger partial charge in [-0.25, -0.2) is 15.6 Å². The van der Waals surface area contributed by atoms with Crippen molar-refractivity contribution in [1.29, 1.82) is 0 Å². The molecule has 2 heterocycles. The molecular formula is C16H24ClN5O2S2. The standard InChI is InChI=1S/C16H23N5O2S2.ClH/c1-10-8-13(25-14(10)4-3-7-21(18)15(17)23)6-5-12-9-24-16(20-12)19-11(2)22;/h8-9H,3-7,18H2,1-2H3,(H2,17,23)(H,19,20,22);1H. The number of aromatic nitrogens is 1. The number of anilines is 1. The molecule has 3 amide bonds. The van der Waals surface area contributed by atoms with Crippen LogP contribution in [0.5, 0.6) is 0 Å². The van der Waals surface area contributed by atoms with Crippen LogP contribution >= 0.6 is 35.1 Å². The molecule has 0 saturated heterocycles. The lowest BCUT2D eigenvalue weighted by Gasteiger charge is -2.12. The lowest BCUT2D eigenvalue weighted by Crippen LogP contribution is -2.42. The van der Waals surface area contributed by atoms with Gasteiger partial charge in [-0.05, 0) is 44.2 Å². The van der Waals surface area contributed by atoms with Crippen molar-refractivity contribution in [1.82, 2.24) is 9.99 Å². The van der Waals surface area contributed by atoms with Gasteiger partial charge in [-0.15, -0.1) is 35.1 Å². The molecule has 0 saturated carbocycles. The minimum absolute atomic E-state index is 0. The molecule has 0 aliphatic heterocycles. The van der Waals surface area contributed by atoms with Crippen LogP contribution in [0.4, 0.5) is 9.93 Å². The molecule has 7 nitrogen and oxygen atoms in total. The fourth-order valence-electron chi connectivity index (χ4n) is 2.36. The Morgan fingerprint density at radius 2 is 2.04 bits per heavy atom. The van der Waals surface area contributed by atoms with E-state index in [1.807, 2.05) is 5.38 Å². The van der Waals surface area contributed by atoms with Crippen LogP contribution in [-0.2, 0) is 24.1 Å². The van der Waals surface area contributed by atoms with Gasteiger partial charge in [-0.3, -0.25) is 9.80 Å². The summed E-state index contributed by atoms with van der Waals surface area (Å²) in [4.78, 5) is 28.9. The molecule has 10 heteroatoms. The molecule has 0 fully saturated rings. The number of hydrogen-bond donors (Lipinski definition) is 3. The monoisotopic (exact) mass is 417 g/mol. The zero-order valence-corrected chi connectivity index (χ0v) is 17.2. The largest absolute Gasteiger partial charge is 0.350 e. The highest BCUT2D eigenvalue weighted by molar-refractivity contribution is 7.14. The molecule has 0 bridgehead atoms. The molecule has 0 atom stereocenters. The number of rotatable bonds is 8. The van der Waals surface area contributed by atoms with E-state index in [2.05, 4.69) is 23.3 Å². The van der Waals surface area contributed by atoms with Crippen LogP contribution in [-0.4, -0.2) is 28.5 Å². The van der Waals surface area contributed by atoms with Crippen LogP contribution in [0.1, 0.15) is 34.4 Å². The molecule has 0 aromatic carbocycles. The number of primary amides is 1. The van der Waals surface area contributed by atoms with Crippen molar-refractivity contribution in [2.24, 2.45) is 11.6 Å². The number of hydrazine groups is 1. The number of nitrogens with one attached hydrogen (secondary N) is 1. The summed E-state index contributed by atoms with van der Waals surface area (Å²) in [5.41, 5.74) is 7.36. The normalized spacial score (nSPS) is 10.3. The van der Waals surface area contributed by atoms with Crippen LogP contribution < -0.4 is 16.9 Å².